The van der Waals surface area contributed by atoms with Crippen molar-refractivity contribution in [2.75, 3.05) is 39.3 Å². The van der Waals surface area contributed by atoms with E-state index in [0.29, 0.717) is 23.9 Å². The minimum atomic E-state index is -1.04. The molecule has 360 valence electrons. The van der Waals surface area contributed by atoms with E-state index < -0.39 is 6.03 Å². The van der Waals surface area contributed by atoms with Crippen LogP contribution >= 0.6 is 0 Å². The Morgan fingerprint density at radius 3 is 1.22 bits per heavy atom. The zero-order chi connectivity index (χ0) is 42.5. The van der Waals surface area contributed by atoms with Crippen LogP contribution in [0, 0.1) is 0 Å². The molecular formula is C53H86Cl4N4O2-2. The molecule has 3 unspecified atom stereocenters. The summed E-state index contributed by atoms with van der Waals surface area (Å²) in [4.78, 5) is 5.17. The van der Waals surface area contributed by atoms with Crippen LogP contribution in [-0.4, -0.2) is 88.8 Å². The first-order chi connectivity index (χ1) is 28.2. The molecule has 1 spiro atoms. The molecular weight excluding hydrogens is 866 g/mol. The first-order valence-corrected chi connectivity index (χ1v) is 24.7. The number of unbranched alkanes of at least 4 members (excludes halogenated alkanes) is 2. The molecule has 0 N–H and O–H groups in total. The molecule has 1 saturated carbocycles. The summed E-state index contributed by atoms with van der Waals surface area (Å²) in [6, 6.07) is 9.73. The first-order valence-electron chi connectivity index (χ1n) is 24.7. The summed E-state index contributed by atoms with van der Waals surface area (Å²) < 4.78 is 20.4. The quantitative estimate of drug-likeness (QED) is 0.180. The molecule has 2 aromatic rings. The molecule has 2 aromatic carbocycles. The van der Waals surface area contributed by atoms with Crippen molar-refractivity contribution in [2.24, 2.45) is 0 Å². The van der Waals surface area contributed by atoms with Crippen LogP contribution in [0.3, 0.4) is 0 Å². The molecule has 3 heterocycles. The number of benzene rings is 2. The van der Waals surface area contributed by atoms with Crippen molar-refractivity contribution in [1.29, 1.82) is 0 Å². The van der Waals surface area contributed by atoms with Crippen LogP contribution in [0.25, 0.3) is 0 Å². The van der Waals surface area contributed by atoms with Gasteiger partial charge < -0.3 is 68.9 Å². The summed E-state index contributed by atoms with van der Waals surface area (Å²) in [7, 11) is 0. The smallest absolute Gasteiger partial charge is 0.704 e. The van der Waals surface area contributed by atoms with E-state index in [2.05, 4.69) is 139 Å². The molecule has 3 aliphatic heterocycles. The molecule has 6 nitrogen and oxygen atoms in total. The monoisotopic (exact) mass is 951 g/mol. The van der Waals surface area contributed by atoms with Crippen molar-refractivity contribution in [3.8, 4) is 11.5 Å². The minimum absolute atomic E-state index is 0. The Balaban J connectivity index is 0.00000341. The Hall–Kier alpha value is -1.54. The van der Waals surface area contributed by atoms with Gasteiger partial charge in [0.2, 0.25) is 12.1 Å². The minimum Gasteiger partial charge on any atom is -1.00 e. The third-order valence-electron chi connectivity index (χ3n) is 14.6. The maximum atomic E-state index is 7.68. The van der Waals surface area contributed by atoms with E-state index in [1.807, 2.05) is 0 Å². The lowest BCUT2D eigenvalue weighted by atomic mass is 9.80. The Morgan fingerprint density at radius 1 is 0.556 bits per heavy atom. The van der Waals surface area contributed by atoms with Crippen LogP contribution in [0.5, 0.6) is 11.5 Å². The van der Waals surface area contributed by atoms with Crippen LogP contribution in [0.15, 0.2) is 24.3 Å². The highest BCUT2D eigenvalue weighted by molar-refractivity contribution is 5.85. The van der Waals surface area contributed by atoms with Crippen LogP contribution < -0.4 is 59.1 Å². The number of fused-ring (bicyclic) bond motifs is 5. The van der Waals surface area contributed by atoms with Gasteiger partial charge in [-0.25, -0.2) is 0 Å². The molecule has 63 heavy (non-hydrogen) atoms. The predicted molar refractivity (Wildman–Crippen MR) is 250 cm³/mol. The van der Waals surface area contributed by atoms with Gasteiger partial charge in [-0.1, -0.05) is 130 Å². The van der Waals surface area contributed by atoms with E-state index >= 15 is 0 Å². The third kappa shape index (κ3) is 12.7. The number of hydrogen-bond acceptors (Lipinski definition) is 4. The highest BCUT2D eigenvalue weighted by atomic mass is 35.5. The van der Waals surface area contributed by atoms with Gasteiger partial charge in [0.1, 0.15) is 0 Å². The number of rotatable bonds is 20. The highest BCUT2D eigenvalue weighted by Gasteiger charge is 2.77. The molecule has 2 fully saturated rings. The summed E-state index contributed by atoms with van der Waals surface area (Å²) >= 11 is 0. The van der Waals surface area contributed by atoms with Gasteiger partial charge in [0.05, 0.1) is 11.1 Å². The van der Waals surface area contributed by atoms with Crippen molar-refractivity contribution < 1.29 is 68.3 Å². The summed E-state index contributed by atoms with van der Waals surface area (Å²) in [5.41, 5.74) is 7.87. The van der Waals surface area contributed by atoms with Crippen molar-refractivity contribution in [2.45, 2.75) is 214 Å². The van der Waals surface area contributed by atoms with Gasteiger partial charge in [0.25, 0.3) is 0 Å². The number of nitrogens with zero attached hydrogens (tertiary/aromatic N) is 4. The second-order valence-corrected chi connectivity index (χ2v) is 20.7. The van der Waals surface area contributed by atoms with Crippen molar-refractivity contribution >= 4 is 12.4 Å². The fourth-order valence-electron chi connectivity index (χ4n) is 10.9. The summed E-state index contributed by atoms with van der Waals surface area (Å²) in [5.74, 6) is 3.12. The average Bonchev–Trinajstić information content (AvgIpc) is 3.48. The number of ether oxygens (including phenoxy) is 2. The Kier molecular flexibility index (Phi) is 22.9. The molecule has 0 radical (unpaired) electrons. The van der Waals surface area contributed by atoms with Crippen LogP contribution in [0.1, 0.15) is 218 Å². The average molecular weight is 953 g/mol. The second-order valence-electron chi connectivity index (χ2n) is 20.7. The Morgan fingerprint density at radius 2 is 0.905 bits per heavy atom. The zero-order valence-corrected chi connectivity index (χ0v) is 44.6. The van der Waals surface area contributed by atoms with Gasteiger partial charge in [-0.15, -0.1) is 0 Å². The van der Waals surface area contributed by atoms with Crippen LogP contribution in [0.4, 0.5) is 0 Å². The molecule has 1 saturated heterocycles. The van der Waals surface area contributed by atoms with Crippen LogP contribution in [0.2, 0.25) is 0 Å². The number of halogens is 4. The third-order valence-corrected chi connectivity index (χ3v) is 14.6. The van der Waals surface area contributed by atoms with E-state index in [1.165, 1.54) is 124 Å². The first kappa shape index (κ1) is 57.6. The summed E-state index contributed by atoms with van der Waals surface area (Å²) in [6.45, 7) is 34.9. The van der Waals surface area contributed by atoms with E-state index in [0.717, 1.165) is 50.5 Å². The van der Waals surface area contributed by atoms with E-state index in [9.17, 15) is 0 Å². The van der Waals surface area contributed by atoms with E-state index in [4.69, 9.17) is 9.47 Å². The Bertz CT molecular complexity index is 1770. The van der Waals surface area contributed by atoms with Gasteiger partial charge >= 0.3 is 6.03 Å². The highest BCUT2D eigenvalue weighted by Crippen LogP contribution is 2.50. The molecule has 0 aromatic heterocycles. The molecule has 10 heteroatoms. The lowest BCUT2D eigenvalue weighted by Gasteiger charge is -2.34. The molecule has 3 atom stereocenters. The maximum absolute atomic E-state index is 7.68. The normalized spacial score (nSPS) is 19.8. The molecule has 1 aliphatic carbocycles. The van der Waals surface area contributed by atoms with Gasteiger partial charge in [0.15, 0.2) is 23.9 Å². The largest absolute Gasteiger partial charge is 1.00 e. The lowest BCUT2D eigenvalue weighted by Crippen LogP contribution is -3.00. The van der Waals surface area contributed by atoms with Gasteiger partial charge in [0, 0.05) is 24.0 Å². The van der Waals surface area contributed by atoms with Gasteiger partial charge in [-0.2, -0.15) is 0 Å². The van der Waals surface area contributed by atoms with Crippen molar-refractivity contribution in [3.63, 3.8) is 0 Å². The van der Waals surface area contributed by atoms with Crippen molar-refractivity contribution in [1.82, 2.24) is 9.80 Å². The standard InChI is InChI=1S/C53H86N4O2.4ClH/c1-13-19-25-39(26-20-14-2)41-33-43-37-56-47-29-21-22-30-48(47)57-38-44-34-42(40(27-23-31-54(15-3)16-4)28-24-32-55(17-5)18-6)36-46(52(10,11)12)50(44)59-53(56,57)58-49(43)45(35-41)51(7,8)9;;;;/h33-40,47-48H,13-32H2,1-12H3;4*1H/q+2;;;;/p-4. The molecule has 0 bridgehead atoms. The van der Waals surface area contributed by atoms with Crippen LogP contribution in [-0.2, 0) is 10.8 Å². The lowest BCUT2D eigenvalue weighted by molar-refractivity contribution is -0.866. The fraction of sp³-hybridized carbons (Fsp3) is 0.736. The fourth-order valence-corrected chi connectivity index (χ4v) is 10.9. The summed E-state index contributed by atoms with van der Waals surface area (Å²) in [5, 5.41) is 0. The van der Waals surface area contributed by atoms with Gasteiger partial charge in [-0.05, 0) is 137 Å². The molecule has 0 amide bonds. The second kappa shape index (κ2) is 25.0. The molecule has 6 rings (SSSR count). The zero-order valence-electron chi connectivity index (χ0n) is 41.5. The number of hydrogen-bond donors (Lipinski definition) is 0. The van der Waals surface area contributed by atoms with E-state index in [-0.39, 0.29) is 60.5 Å². The van der Waals surface area contributed by atoms with Crippen molar-refractivity contribution in [3.05, 3.63) is 57.6 Å². The SMILES string of the molecule is CCCCC(CCCC)c1cc2c(c(C(C)(C)C)c1)OC13Oc4c(cc(C(CCCN(CC)CC)CCCN(CC)CC)cc4C(C)(C)C)C=[N+]1C1CCCCC1[N+]3=C2.[Cl-].[Cl-].[Cl-].[Cl-]. The molecule has 4 aliphatic rings. The predicted octanol–water partition coefficient (Wildman–Crippen LogP) is 0.373. The van der Waals surface area contributed by atoms with Gasteiger partial charge in [-0.3, -0.25) is 0 Å². The van der Waals surface area contributed by atoms with E-state index in [1.54, 1.807) is 0 Å². The maximum Gasteiger partial charge on any atom is 0.704 e. The topological polar surface area (TPSA) is 31.0 Å². The Labute approximate surface area is 410 Å². The summed E-state index contributed by atoms with van der Waals surface area (Å²) in [6.07, 6.45) is 22.2.